The van der Waals surface area contributed by atoms with E-state index in [4.69, 9.17) is 4.74 Å². The molecule has 1 saturated heterocycles. The first-order valence-corrected chi connectivity index (χ1v) is 5.67. The lowest BCUT2D eigenvalue weighted by Crippen LogP contribution is -2.41. The van der Waals surface area contributed by atoms with Crippen LogP contribution in [0.3, 0.4) is 0 Å². The summed E-state index contributed by atoms with van der Waals surface area (Å²) in [5, 5.41) is 0. The smallest absolute Gasteiger partial charge is 0.0638 e. The molecular weight excluding hydrogens is 172 g/mol. The molecule has 0 radical (unpaired) electrons. The molecule has 0 N–H and O–H groups in total. The van der Waals surface area contributed by atoms with Crippen LogP contribution in [0.4, 0.5) is 0 Å². The van der Waals surface area contributed by atoms with Gasteiger partial charge in [0.15, 0.2) is 0 Å². The minimum atomic E-state index is 0.146. The SMILES string of the molecule is C=C1CC(CC(C)C)OC(C)C1(C)C. The number of ether oxygens (including phenoxy) is 1. The van der Waals surface area contributed by atoms with Gasteiger partial charge in [-0.1, -0.05) is 39.8 Å². The predicted molar refractivity (Wildman–Crippen MR) is 61.3 cm³/mol. The highest BCUT2D eigenvalue weighted by Crippen LogP contribution is 2.40. The second-order valence-electron chi connectivity index (χ2n) is 5.56. The van der Waals surface area contributed by atoms with Gasteiger partial charge in [0.25, 0.3) is 0 Å². The third kappa shape index (κ3) is 2.38. The first kappa shape index (κ1) is 11.8. The summed E-state index contributed by atoms with van der Waals surface area (Å²) in [5.41, 5.74) is 1.50. The summed E-state index contributed by atoms with van der Waals surface area (Å²) >= 11 is 0. The van der Waals surface area contributed by atoms with Crippen molar-refractivity contribution >= 4 is 0 Å². The summed E-state index contributed by atoms with van der Waals surface area (Å²) < 4.78 is 6.02. The molecule has 2 atom stereocenters. The molecule has 0 aromatic carbocycles. The van der Waals surface area contributed by atoms with Crippen LogP contribution in [-0.4, -0.2) is 12.2 Å². The van der Waals surface area contributed by atoms with Gasteiger partial charge in [-0.15, -0.1) is 0 Å². The molecule has 1 aliphatic rings. The summed E-state index contributed by atoms with van der Waals surface area (Å²) in [6, 6.07) is 0. The zero-order valence-corrected chi connectivity index (χ0v) is 10.3. The van der Waals surface area contributed by atoms with Gasteiger partial charge in [0.2, 0.25) is 0 Å². The van der Waals surface area contributed by atoms with Gasteiger partial charge in [-0.3, -0.25) is 0 Å². The molecule has 1 nitrogen and oxygen atoms in total. The Bertz CT molecular complexity index is 215. The Morgan fingerprint density at radius 1 is 1.50 bits per heavy atom. The Hall–Kier alpha value is -0.300. The second-order valence-corrected chi connectivity index (χ2v) is 5.56. The molecule has 1 rings (SSSR count). The van der Waals surface area contributed by atoms with Crippen LogP contribution in [0.25, 0.3) is 0 Å². The molecule has 0 amide bonds. The van der Waals surface area contributed by atoms with Crippen LogP contribution >= 0.6 is 0 Å². The van der Waals surface area contributed by atoms with Gasteiger partial charge in [0, 0.05) is 5.41 Å². The van der Waals surface area contributed by atoms with E-state index in [1.54, 1.807) is 0 Å². The van der Waals surface area contributed by atoms with Crippen molar-refractivity contribution in [3.05, 3.63) is 12.2 Å². The van der Waals surface area contributed by atoms with Gasteiger partial charge in [-0.25, -0.2) is 0 Å². The van der Waals surface area contributed by atoms with Gasteiger partial charge >= 0.3 is 0 Å². The minimum absolute atomic E-state index is 0.146. The predicted octanol–water partition coefficient (Wildman–Crippen LogP) is 3.79. The molecule has 0 spiro atoms. The highest BCUT2D eigenvalue weighted by atomic mass is 16.5. The lowest BCUT2D eigenvalue weighted by Gasteiger charge is -2.43. The highest BCUT2D eigenvalue weighted by molar-refractivity contribution is 5.13. The fourth-order valence-corrected chi connectivity index (χ4v) is 2.00. The Kier molecular flexibility index (Phi) is 3.41. The topological polar surface area (TPSA) is 9.23 Å². The maximum absolute atomic E-state index is 6.02. The maximum atomic E-state index is 6.02. The molecule has 14 heavy (non-hydrogen) atoms. The average molecular weight is 196 g/mol. The van der Waals surface area contributed by atoms with E-state index in [9.17, 15) is 0 Å². The van der Waals surface area contributed by atoms with E-state index < -0.39 is 0 Å². The van der Waals surface area contributed by atoms with E-state index in [0.717, 1.165) is 12.8 Å². The van der Waals surface area contributed by atoms with Crippen molar-refractivity contribution in [1.82, 2.24) is 0 Å². The molecule has 82 valence electrons. The fraction of sp³-hybridized carbons (Fsp3) is 0.846. The molecule has 0 bridgehead atoms. The van der Waals surface area contributed by atoms with Gasteiger partial charge in [0.1, 0.15) is 0 Å². The fourth-order valence-electron chi connectivity index (χ4n) is 2.00. The van der Waals surface area contributed by atoms with Crippen LogP contribution in [0.2, 0.25) is 0 Å². The van der Waals surface area contributed by atoms with Crippen LogP contribution in [0, 0.1) is 11.3 Å². The van der Waals surface area contributed by atoms with Gasteiger partial charge < -0.3 is 4.74 Å². The van der Waals surface area contributed by atoms with E-state index in [-0.39, 0.29) is 5.41 Å². The molecule has 1 heterocycles. The second kappa shape index (κ2) is 4.06. The normalized spacial score (nSPS) is 32.3. The Morgan fingerprint density at radius 3 is 2.50 bits per heavy atom. The van der Waals surface area contributed by atoms with Crippen molar-refractivity contribution in [2.75, 3.05) is 0 Å². The van der Waals surface area contributed by atoms with E-state index in [1.807, 2.05) is 0 Å². The molecule has 1 aliphatic heterocycles. The summed E-state index contributed by atoms with van der Waals surface area (Å²) in [6.45, 7) is 15.3. The Morgan fingerprint density at radius 2 is 2.07 bits per heavy atom. The molecule has 2 unspecified atom stereocenters. The zero-order chi connectivity index (χ0) is 10.9. The average Bonchev–Trinajstić information content (AvgIpc) is 1.99. The molecule has 0 saturated carbocycles. The van der Waals surface area contributed by atoms with E-state index in [0.29, 0.717) is 18.1 Å². The molecule has 1 fully saturated rings. The van der Waals surface area contributed by atoms with Crippen LogP contribution in [-0.2, 0) is 4.74 Å². The van der Waals surface area contributed by atoms with E-state index >= 15 is 0 Å². The van der Waals surface area contributed by atoms with Crippen molar-refractivity contribution in [2.45, 2.75) is 59.7 Å². The molecule has 0 aromatic rings. The Balaban J connectivity index is 2.61. The number of rotatable bonds is 2. The minimum Gasteiger partial charge on any atom is -0.374 e. The third-order valence-corrected chi connectivity index (χ3v) is 3.53. The van der Waals surface area contributed by atoms with Crippen molar-refractivity contribution in [3.8, 4) is 0 Å². The molecule has 1 heteroatoms. The lowest BCUT2D eigenvalue weighted by atomic mass is 9.75. The Labute approximate surface area is 88.5 Å². The first-order valence-electron chi connectivity index (χ1n) is 5.67. The third-order valence-electron chi connectivity index (χ3n) is 3.53. The van der Waals surface area contributed by atoms with Gasteiger partial charge in [-0.05, 0) is 25.7 Å². The maximum Gasteiger partial charge on any atom is 0.0638 e. The van der Waals surface area contributed by atoms with Crippen LogP contribution < -0.4 is 0 Å². The van der Waals surface area contributed by atoms with Crippen molar-refractivity contribution in [3.63, 3.8) is 0 Å². The first-order chi connectivity index (χ1) is 6.34. The largest absolute Gasteiger partial charge is 0.374 e. The van der Waals surface area contributed by atoms with Crippen LogP contribution in [0.15, 0.2) is 12.2 Å². The van der Waals surface area contributed by atoms with Gasteiger partial charge in [-0.2, -0.15) is 0 Å². The van der Waals surface area contributed by atoms with Crippen molar-refractivity contribution in [1.29, 1.82) is 0 Å². The summed E-state index contributed by atoms with van der Waals surface area (Å²) in [4.78, 5) is 0. The lowest BCUT2D eigenvalue weighted by molar-refractivity contribution is -0.0843. The van der Waals surface area contributed by atoms with Crippen molar-refractivity contribution < 1.29 is 4.74 Å². The molecule has 0 aromatic heterocycles. The van der Waals surface area contributed by atoms with Crippen LogP contribution in [0.5, 0.6) is 0 Å². The summed E-state index contributed by atoms with van der Waals surface area (Å²) in [7, 11) is 0. The summed E-state index contributed by atoms with van der Waals surface area (Å²) in [6.07, 6.45) is 2.88. The molecular formula is C13H24O. The summed E-state index contributed by atoms with van der Waals surface area (Å²) in [5.74, 6) is 0.709. The van der Waals surface area contributed by atoms with Crippen LogP contribution in [0.1, 0.15) is 47.5 Å². The van der Waals surface area contributed by atoms with E-state index in [2.05, 4.69) is 41.2 Å². The molecule has 0 aliphatic carbocycles. The van der Waals surface area contributed by atoms with Gasteiger partial charge in [0.05, 0.1) is 12.2 Å². The quantitative estimate of drug-likeness (QED) is 0.610. The van der Waals surface area contributed by atoms with E-state index in [1.165, 1.54) is 5.57 Å². The number of hydrogen-bond donors (Lipinski definition) is 0. The monoisotopic (exact) mass is 196 g/mol. The zero-order valence-electron chi connectivity index (χ0n) is 10.3. The highest BCUT2D eigenvalue weighted by Gasteiger charge is 2.37. The standard InChI is InChI=1S/C13H24O/c1-9(2)7-12-8-10(3)13(5,6)11(4)14-12/h9,11-12H,3,7-8H2,1-2,4-6H3. The number of hydrogen-bond acceptors (Lipinski definition) is 1. The van der Waals surface area contributed by atoms with Crippen molar-refractivity contribution in [2.24, 2.45) is 11.3 Å².